The van der Waals surface area contributed by atoms with Crippen molar-refractivity contribution in [3.05, 3.63) is 72.2 Å². The van der Waals surface area contributed by atoms with Gasteiger partial charge in [-0.2, -0.15) is 9.78 Å². The van der Waals surface area contributed by atoms with Crippen molar-refractivity contribution in [1.29, 1.82) is 0 Å². The van der Waals surface area contributed by atoms with Gasteiger partial charge >= 0.3 is 0 Å². The maximum Gasteiger partial charge on any atom is 0.282 e. The summed E-state index contributed by atoms with van der Waals surface area (Å²) >= 11 is 5.68. The van der Waals surface area contributed by atoms with Crippen LogP contribution in [0.3, 0.4) is 0 Å². The molecule has 0 saturated carbocycles. The minimum Gasteiger partial charge on any atom is -0.267 e. The zero-order valence-electron chi connectivity index (χ0n) is 13.9. The van der Waals surface area contributed by atoms with Gasteiger partial charge in [-0.1, -0.05) is 41.9 Å². The lowest BCUT2D eigenvalue weighted by Gasteiger charge is -2.13. The molecule has 0 amide bonds. The molecule has 1 heterocycles. The highest BCUT2D eigenvalue weighted by Crippen LogP contribution is 2.20. The molecular weight excluding hydrogens is 493 g/mol. The molecule has 3 rings (SSSR count). The Balaban J connectivity index is 2.18. The summed E-state index contributed by atoms with van der Waals surface area (Å²) in [6, 6.07) is 13.5. The van der Waals surface area contributed by atoms with Crippen molar-refractivity contribution in [1.82, 2.24) is 9.66 Å². The lowest BCUT2D eigenvalue weighted by molar-refractivity contribution is 0.613. The SMILES string of the molecule is CC[C@H](C)c1nc2ccc(Br)cc2c(=O)n1N=Cc1ccc(I)cc1. The zero-order chi connectivity index (χ0) is 18.0. The van der Waals surface area contributed by atoms with Crippen LogP contribution in [0.15, 0.2) is 56.8 Å². The molecule has 3 aromatic rings. The van der Waals surface area contributed by atoms with Gasteiger partial charge in [-0.05, 0) is 64.9 Å². The van der Waals surface area contributed by atoms with Crippen LogP contribution in [0.2, 0.25) is 0 Å². The monoisotopic (exact) mass is 509 g/mol. The van der Waals surface area contributed by atoms with Crippen LogP contribution in [-0.4, -0.2) is 15.9 Å². The molecule has 0 unspecified atom stereocenters. The van der Waals surface area contributed by atoms with Gasteiger partial charge in [0.25, 0.3) is 5.56 Å². The molecule has 2 aromatic carbocycles. The van der Waals surface area contributed by atoms with Crippen molar-refractivity contribution in [2.45, 2.75) is 26.2 Å². The third-order valence-corrected chi connectivity index (χ3v) is 5.29. The molecule has 0 radical (unpaired) electrons. The Morgan fingerprint density at radius 3 is 2.68 bits per heavy atom. The van der Waals surface area contributed by atoms with E-state index in [0.29, 0.717) is 16.7 Å². The molecule has 0 aliphatic carbocycles. The van der Waals surface area contributed by atoms with E-state index in [9.17, 15) is 4.79 Å². The van der Waals surface area contributed by atoms with Crippen LogP contribution in [0.4, 0.5) is 0 Å². The second-order valence-electron chi connectivity index (χ2n) is 5.85. The molecule has 25 heavy (non-hydrogen) atoms. The quantitative estimate of drug-likeness (QED) is 0.360. The summed E-state index contributed by atoms with van der Waals surface area (Å²) in [5, 5.41) is 5.01. The fourth-order valence-corrected chi connectivity index (χ4v) is 3.17. The first kappa shape index (κ1) is 18.3. The van der Waals surface area contributed by atoms with E-state index >= 15 is 0 Å². The number of halogens is 2. The Morgan fingerprint density at radius 1 is 1.28 bits per heavy atom. The van der Waals surface area contributed by atoms with Gasteiger partial charge in [0.2, 0.25) is 0 Å². The van der Waals surface area contributed by atoms with Crippen molar-refractivity contribution >= 4 is 55.6 Å². The maximum atomic E-state index is 13.0. The van der Waals surface area contributed by atoms with Crippen molar-refractivity contribution in [3.63, 3.8) is 0 Å². The van der Waals surface area contributed by atoms with Gasteiger partial charge < -0.3 is 0 Å². The first-order chi connectivity index (χ1) is 12.0. The molecular formula is C19H17BrIN3O. The molecule has 1 atom stereocenters. The second kappa shape index (κ2) is 7.78. The predicted octanol–water partition coefficient (Wildman–Crippen LogP) is 5.16. The van der Waals surface area contributed by atoms with E-state index in [1.807, 2.05) is 36.4 Å². The average Bonchev–Trinajstić information content (AvgIpc) is 2.62. The number of benzene rings is 2. The molecule has 0 fully saturated rings. The van der Waals surface area contributed by atoms with Gasteiger partial charge in [0.1, 0.15) is 5.82 Å². The number of rotatable bonds is 4. The van der Waals surface area contributed by atoms with Gasteiger partial charge in [-0.15, -0.1) is 0 Å². The standard InChI is InChI=1S/C19H17BrIN3O/c1-3-12(2)18-23-17-9-6-14(20)10-16(17)19(25)24(18)22-11-13-4-7-15(21)8-5-13/h4-12H,3H2,1-2H3/t12-/m0/s1. The molecule has 0 N–H and O–H groups in total. The number of hydrogen-bond acceptors (Lipinski definition) is 3. The summed E-state index contributed by atoms with van der Waals surface area (Å²) in [4.78, 5) is 17.7. The summed E-state index contributed by atoms with van der Waals surface area (Å²) in [5.74, 6) is 0.818. The van der Waals surface area contributed by atoms with Crippen LogP contribution >= 0.6 is 38.5 Å². The van der Waals surface area contributed by atoms with Crippen LogP contribution in [0, 0.1) is 3.57 Å². The number of fused-ring (bicyclic) bond motifs is 1. The molecule has 1 aromatic heterocycles. The number of hydrogen-bond donors (Lipinski definition) is 0. The van der Waals surface area contributed by atoms with Gasteiger partial charge in [0.05, 0.1) is 17.1 Å². The topological polar surface area (TPSA) is 47.2 Å². The number of aromatic nitrogens is 2. The van der Waals surface area contributed by atoms with E-state index in [0.717, 1.165) is 20.0 Å². The fourth-order valence-electron chi connectivity index (χ4n) is 2.45. The van der Waals surface area contributed by atoms with Crippen molar-refractivity contribution in [2.75, 3.05) is 0 Å². The Hall–Kier alpha value is -1.54. The van der Waals surface area contributed by atoms with Crippen molar-refractivity contribution in [2.24, 2.45) is 5.10 Å². The smallest absolute Gasteiger partial charge is 0.267 e. The molecule has 0 aliphatic rings. The largest absolute Gasteiger partial charge is 0.282 e. The van der Waals surface area contributed by atoms with Crippen LogP contribution in [0.5, 0.6) is 0 Å². The minimum absolute atomic E-state index is 0.134. The van der Waals surface area contributed by atoms with E-state index in [-0.39, 0.29) is 11.5 Å². The van der Waals surface area contributed by atoms with E-state index in [1.165, 1.54) is 4.68 Å². The van der Waals surface area contributed by atoms with E-state index in [4.69, 9.17) is 4.98 Å². The summed E-state index contributed by atoms with van der Waals surface area (Å²) in [5.41, 5.74) is 1.49. The summed E-state index contributed by atoms with van der Waals surface area (Å²) < 4.78 is 3.44. The summed E-state index contributed by atoms with van der Waals surface area (Å²) in [7, 11) is 0. The highest BCUT2D eigenvalue weighted by Gasteiger charge is 2.15. The Labute approximate surface area is 168 Å². The van der Waals surface area contributed by atoms with E-state index in [2.05, 4.69) is 57.5 Å². The molecule has 0 spiro atoms. The van der Waals surface area contributed by atoms with Crippen LogP contribution in [-0.2, 0) is 0 Å². The highest BCUT2D eigenvalue weighted by molar-refractivity contribution is 14.1. The predicted molar refractivity (Wildman–Crippen MR) is 115 cm³/mol. The van der Waals surface area contributed by atoms with Gasteiger partial charge in [-0.3, -0.25) is 4.79 Å². The molecule has 0 bridgehead atoms. The summed E-state index contributed by atoms with van der Waals surface area (Å²) in [6.07, 6.45) is 2.59. The van der Waals surface area contributed by atoms with Crippen molar-refractivity contribution in [3.8, 4) is 0 Å². The van der Waals surface area contributed by atoms with Crippen LogP contribution in [0.1, 0.15) is 37.6 Å². The maximum absolute atomic E-state index is 13.0. The van der Waals surface area contributed by atoms with Gasteiger partial charge in [0.15, 0.2) is 0 Å². The Bertz CT molecular complexity index is 996. The lowest BCUT2D eigenvalue weighted by Crippen LogP contribution is -2.23. The fraction of sp³-hybridized carbons (Fsp3) is 0.211. The Morgan fingerprint density at radius 2 is 2.00 bits per heavy atom. The third kappa shape index (κ3) is 4.00. The second-order valence-corrected chi connectivity index (χ2v) is 8.02. The molecule has 0 saturated heterocycles. The first-order valence-electron chi connectivity index (χ1n) is 8.01. The molecule has 128 valence electrons. The average molecular weight is 510 g/mol. The lowest BCUT2D eigenvalue weighted by atomic mass is 10.1. The molecule has 4 nitrogen and oxygen atoms in total. The first-order valence-corrected chi connectivity index (χ1v) is 9.89. The molecule has 6 heteroatoms. The van der Waals surface area contributed by atoms with E-state index < -0.39 is 0 Å². The normalized spacial score (nSPS) is 12.8. The number of nitrogens with zero attached hydrogens (tertiary/aromatic N) is 3. The zero-order valence-corrected chi connectivity index (χ0v) is 17.7. The highest BCUT2D eigenvalue weighted by atomic mass is 127. The molecule has 0 aliphatic heterocycles. The van der Waals surface area contributed by atoms with Gasteiger partial charge in [-0.25, -0.2) is 4.98 Å². The van der Waals surface area contributed by atoms with Crippen molar-refractivity contribution < 1.29 is 0 Å². The van der Waals surface area contributed by atoms with Gasteiger partial charge in [0, 0.05) is 14.0 Å². The minimum atomic E-state index is -0.150. The van der Waals surface area contributed by atoms with Crippen LogP contribution < -0.4 is 5.56 Å². The Kier molecular flexibility index (Phi) is 5.68. The van der Waals surface area contributed by atoms with E-state index in [1.54, 1.807) is 12.3 Å². The third-order valence-electron chi connectivity index (χ3n) is 4.08. The summed E-state index contributed by atoms with van der Waals surface area (Å²) in [6.45, 7) is 4.14. The van der Waals surface area contributed by atoms with Crippen LogP contribution in [0.25, 0.3) is 10.9 Å².